The molecule has 1 saturated carbocycles. The van der Waals surface area contributed by atoms with Crippen LogP contribution in [0.4, 0.5) is 0 Å². The van der Waals surface area contributed by atoms with E-state index in [0.29, 0.717) is 12.6 Å². The Hall–Kier alpha value is -2.96. The number of rotatable bonds is 10. The van der Waals surface area contributed by atoms with Crippen LogP contribution < -0.4 is 27.0 Å². The number of nitrogens with zero attached hydrogens (tertiary/aromatic N) is 1. The zero-order valence-electron chi connectivity index (χ0n) is 16.7. The van der Waals surface area contributed by atoms with Gasteiger partial charge in [0.15, 0.2) is 0 Å². The Balaban J connectivity index is 1.41. The molecule has 1 aliphatic carbocycles. The zero-order chi connectivity index (χ0) is 20.5. The Morgan fingerprint density at radius 3 is 2.86 bits per heavy atom. The molecule has 1 fully saturated rings. The largest absolute Gasteiger partial charge is 0.490 e. The third-order valence-corrected chi connectivity index (χ3v) is 5.21. The number of nitrogens with one attached hydrogen (secondary N) is 2. The van der Waals surface area contributed by atoms with Crippen molar-refractivity contribution in [2.45, 2.75) is 57.6 Å². The molecule has 156 valence electrons. The van der Waals surface area contributed by atoms with Gasteiger partial charge < -0.3 is 20.4 Å². The fourth-order valence-corrected chi connectivity index (χ4v) is 3.63. The molecule has 0 radical (unpaired) electrons. The molecule has 0 unspecified atom stereocenters. The molecule has 0 aliphatic heterocycles. The van der Waals surface area contributed by atoms with E-state index >= 15 is 0 Å². The highest BCUT2D eigenvalue weighted by Crippen LogP contribution is 2.24. The van der Waals surface area contributed by atoms with Gasteiger partial charge in [0, 0.05) is 37.2 Å². The van der Waals surface area contributed by atoms with E-state index in [0.717, 1.165) is 50.1 Å². The molecular weight excluding hydrogens is 368 g/mol. The fourth-order valence-electron chi connectivity index (χ4n) is 3.63. The van der Waals surface area contributed by atoms with Crippen LogP contribution in [0.15, 0.2) is 58.0 Å². The lowest BCUT2D eigenvalue weighted by Crippen LogP contribution is -2.28. The molecule has 3 rings (SSSR count). The molecular formula is C22H30N4O3. The summed E-state index contributed by atoms with van der Waals surface area (Å²) < 4.78 is 7.57. The second-order valence-electron chi connectivity index (χ2n) is 7.45. The van der Waals surface area contributed by atoms with Gasteiger partial charge in [-0.15, -0.1) is 0 Å². The summed E-state index contributed by atoms with van der Waals surface area (Å²) in [5.74, 6) is 0.954. The van der Waals surface area contributed by atoms with Gasteiger partial charge in [0.05, 0.1) is 6.10 Å². The average molecular weight is 399 g/mol. The van der Waals surface area contributed by atoms with E-state index in [1.54, 1.807) is 6.20 Å². The number of aryl methyl sites for hydroxylation is 1. The van der Waals surface area contributed by atoms with E-state index in [1.807, 2.05) is 12.1 Å². The Morgan fingerprint density at radius 1 is 1.28 bits per heavy atom. The van der Waals surface area contributed by atoms with Gasteiger partial charge in [-0.25, -0.2) is 4.79 Å². The van der Waals surface area contributed by atoms with Crippen molar-refractivity contribution < 1.29 is 4.74 Å². The first kappa shape index (κ1) is 20.8. The van der Waals surface area contributed by atoms with Crippen LogP contribution in [-0.4, -0.2) is 22.2 Å². The number of ether oxygens (including phenoxy) is 1. The van der Waals surface area contributed by atoms with Crippen molar-refractivity contribution in [3.05, 3.63) is 74.8 Å². The van der Waals surface area contributed by atoms with Crippen LogP contribution in [-0.2, 0) is 13.0 Å². The van der Waals surface area contributed by atoms with Gasteiger partial charge in [-0.3, -0.25) is 9.78 Å². The van der Waals surface area contributed by atoms with Gasteiger partial charge in [0.2, 0.25) is 0 Å². The summed E-state index contributed by atoms with van der Waals surface area (Å²) in [6, 6.07) is 9.65. The summed E-state index contributed by atoms with van der Waals surface area (Å²) in [5, 5.41) is 3.37. The van der Waals surface area contributed by atoms with E-state index < -0.39 is 0 Å². The lowest BCUT2D eigenvalue weighted by Gasteiger charge is -2.14. The van der Waals surface area contributed by atoms with Crippen molar-refractivity contribution in [3.63, 3.8) is 0 Å². The third kappa shape index (κ3) is 6.55. The number of allylic oxidation sites excluding steroid dienone is 1. The molecule has 1 aromatic heterocycles. The monoisotopic (exact) mass is 398 g/mol. The summed E-state index contributed by atoms with van der Waals surface area (Å²) >= 11 is 0. The number of H-pyrrole nitrogens is 1. The molecule has 2 aromatic rings. The van der Waals surface area contributed by atoms with Gasteiger partial charge in [-0.2, -0.15) is 0 Å². The topological polar surface area (TPSA) is 102 Å². The van der Waals surface area contributed by atoms with E-state index in [4.69, 9.17) is 10.5 Å². The van der Waals surface area contributed by atoms with Crippen molar-refractivity contribution in [1.29, 1.82) is 0 Å². The minimum atomic E-state index is -0.386. The molecule has 0 bridgehead atoms. The molecule has 0 spiro atoms. The number of aromatic amines is 1. The lowest BCUT2D eigenvalue weighted by atomic mass is 10.1. The van der Waals surface area contributed by atoms with Crippen LogP contribution >= 0.6 is 0 Å². The zero-order valence-corrected chi connectivity index (χ0v) is 16.7. The second-order valence-corrected chi connectivity index (χ2v) is 7.45. The third-order valence-electron chi connectivity index (χ3n) is 5.21. The van der Waals surface area contributed by atoms with Crippen LogP contribution in [0.2, 0.25) is 0 Å². The highest BCUT2D eigenvalue weighted by molar-refractivity contribution is 5.29. The minimum Gasteiger partial charge on any atom is -0.490 e. The van der Waals surface area contributed by atoms with Crippen LogP contribution in [0.25, 0.3) is 0 Å². The second kappa shape index (κ2) is 10.5. The molecule has 1 aliphatic rings. The minimum absolute atomic E-state index is 0.366. The van der Waals surface area contributed by atoms with Gasteiger partial charge in [-0.05, 0) is 62.6 Å². The van der Waals surface area contributed by atoms with Crippen LogP contribution in [0.5, 0.6) is 5.75 Å². The van der Waals surface area contributed by atoms with Crippen molar-refractivity contribution >= 4 is 0 Å². The van der Waals surface area contributed by atoms with Crippen LogP contribution in [0, 0.1) is 0 Å². The Morgan fingerprint density at radius 2 is 2.10 bits per heavy atom. The molecule has 0 atom stereocenters. The molecule has 7 nitrogen and oxygen atoms in total. The van der Waals surface area contributed by atoms with Gasteiger partial charge in [0.25, 0.3) is 5.56 Å². The van der Waals surface area contributed by atoms with E-state index in [-0.39, 0.29) is 11.2 Å². The quantitative estimate of drug-likeness (QED) is 0.570. The van der Waals surface area contributed by atoms with E-state index in [1.165, 1.54) is 35.2 Å². The fraction of sp³-hybridized carbons (Fsp3) is 0.455. The summed E-state index contributed by atoms with van der Waals surface area (Å²) in [4.78, 5) is 25.1. The van der Waals surface area contributed by atoms with E-state index in [2.05, 4.69) is 22.4 Å². The van der Waals surface area contributed by atoms with Crippen molar-refractivity contribution in [1.82, 2.24) is 14.9 Å². The first-order valence-corrected chi connectivity index (χ1v) is 10.3. The van der Waals surface area contributed by atoms with Crippen LogP contribution in [0.3, 0.4) is 0 Å². The van der Waals surface area contributed by atoms with Gasteiger partial charge in [-0.1, -0.05) is 12.1 Å². The number of aromatic nitrogens is 2. The first-order valence-electron chi connectivity index (χ1n) is 10.3. The highest BCUT2D eigenvalue weighted by Gasteiger charge is 2.16. The number of hydrogen-bond donors (Lipinski definition) is 3. The number of benzene rings is 1. The molecule has 1 aromatic carbocycles. The average Bonchev–Trinajstić information content (AvgIpc) is 3.21. The summed E-state index contributed by atoms with van der Waals surface area (Å²) in [6.45, 7) is 1.30. The standard InChI is InChI=1S/C22H30N4O3/c23-16-18(6-4-13-26-14-11-21(27)25-22(26)28)24-12-10-17-5-3-9-20(15-17)29-19-7-1-2-8-19/h3,5,9,11,14-16,19,24H,1-2,4,6-8,10,12-13,23H2,(H,25,27,28)/b18-16-. The summed E-state index contributed by atoms with van der Waals surface area (Å²) in [7, 11) is 0. The molecule has 0 saturated heterocycles. The van der Waals surface area contributed by atoms with Gasteiger partial charge in [0.1, 0.15) is 5.75 Å². The molecule has 0 amide bonds. The Labute approximate surface area is 170 Å². The maximum atomic E-state index is 11.7. The number of hydrogen-bond acceptors (Lipinski definition) is 5. The predicted octanol–water partition coefficient (Wildman–Crippen LogP) is 2.27. The van der Waals surface area contributed by atoms with E-state index in [9.17, 15) is 9.59 Å². The first-order chi connectivity index (χ1) is 14.1. The summed E-state index contributed by atoms with van der Waals surface area (Å²) in [5.41, 5.74) is 7.14. The molecule has 1 heterocycles. The lowest BCUT2D eigenvalue weighted by molar-refractivity contribution is 0.210. The van der Waals surface area contributed by atoms with Gasteiger partial charge >= 0.3 is 5.69 Å². The summed E-state index contributed by atoms with van der Waals surface area (Å²) in [6.07, 6.45) is 10.6. The predicted molar refractivity (Wildman–Crippen MR) is 114 cm³/mol. The maximum absolute atomic E-state index is 11.7. The number of nitrogens with two attached hydrogens (primary N) is 1. The normalized spacial score (nSPS) is 14.8. The molecule has 7 heteroatoms. The Bertz CT molecular complexity index is 926. The maximum Gasteiger partial charge on any atom is 0.328 e. The smallest absolute Gasteiger partial charge is 0.328 e. The highest BCUT2D eigenvalue weighted by atomic mass is 16.5. The Kier molecular flexibility index (Phi) is 7.55. The van der Waals surface area contributed by atoms with Crippen molar-refractivity contribution in [3.8, 4) is 5.75 Å². The van der Waals surface area contributed by atoms with Crippen LogP contribution in [0.1, 0.15) is 44.1 Å². The van der Waals surface area contributed by atoms with Crippen molar-refractivity contribution in [2.24, 2.45) is 5.73 Å². The van der Waals surface area contributed by atoms with Crippen molar-refractivity contribution in [2.75, 3.05) is 6.54 Å². The molecule has 4 N–H and O–H groups in total. The molecule has 29 heavy (non-hydrogen) atoms. The SMILES string of the molecule is N/C=C(/CCCn1ccc(=O)[nH]c1=O)NCCc1cccc(OC2CCCC2)c1.